The Bertz CT molecular complexity index is 646. The fourth-order valence-electron chi connectivity index (χ4n) is 1.87. The maximum absolute atomic E-state index is 13.1. The third kappa shape index (κ3) is 3.08. The van der Waals surface area contributed by atoms with E-state index in [0.29, 0.717) is 10.6 Å². The van der Waals surface area contributed by atoms with Crippen LogP contribution in [0.4, 0.5) is 10.1 Å². The number of amides is 1. The van der Waals surface area contributed by atoms with Gasteiger partial charge >= 0.3 is 0 Å². The summed E-state index contributed by atoms with van der Waals surface area (Å²) in [6, 6.07) is 10.9. The summed E-state index contributed by atoms with van der Waals surface area (Å²) in [6.45, 7) is 1.83. The van der Waals surface area contributed by atoms with Gasteiger partial charge in [-0.2, -0.15) is 0 Å². The lowest BCUT2D eigenvalue weighted by Gasteiger charge is -2.16. The quantitative estimate of drug-likeness (QED) is 0.850. The number of hydrogen-bond donors (Lipinski definition) is 2. The second-order valence-corrected chi connectivity index (χ2v) is 4.86. The van der Waals surface area contributed by atoms with Gasteiger partial charge in [0.2, 0.25) is 0 Å². The fourth-order valence-corrected chi connectivity index (χ4v) is 2.17. The van der Waals surface area contributed by atoms with Gasteiger partial charge in [-0.1, -0.05) is 29.8 Å². The number of carbonyl (C=O) groups excluding carboxylic acids is 1. The van der Waals surface area contributed by atoms with Crippen LogP contribution < -0.4 is 11.1 Å². The molecule has 0 aromatic heterocycles. The van der Waals surface area contributed by atoms with Crippen LogP contribution in [0.2, 0.25) is 5.02 Å². The van der Waals surface area contributed by atoms with E-state index < -0.39 is 5.82 Å². The summed E-state index contributed by atoms with van der Waals surface area (Å²) in [5.74, 6) is -0.871. The van der Waals surface area contributed by atoms with Gasteiger partial charge in [-0.25, -0.2) is 4.39 Å². The van der Waals surface area contributed by atoms with Crippen LogP contribution in [-0.2, 0) is 0 Å². The summed E-state index contributed by atoms with van der Waals surface area (Å²) in [4.78, 5) is 12.1. The first-order valence-corrected chi connectivity index (χ1v) is 6.47. The summed E-state index contributed by atoms with van der Waals surface area (Å²) in [5, 5.41) is 3.38. The van der Waals surface area contributed by atoms with Crippen LogP contribution in [0.15, 0.2) is 42.5 Å². The lowest BCUT2D eigenvalue weighted by atomic mass is 10.1. The van der Waals surface area contributed by atoms with Crippen molar-refractivity contribution >= 4 is 23.2 Å². The Morgan fingerprint density at radius 1 is 1.30 bits per heavy atom. The van der Waals surface area contributed by atoms with Crippen molar-refractivity contribution in [2.75, 3.05) is 5.73 Å². The Morgan fingerprint density at radius 3 is 2.65 bits per heavy atom. The molecule has 0 spiro atoms. The molecule has 0 bridgehead atoms. The molecule has 20 heavy (non-hydrogen) atoms. The molecule has 2 aromatic carbocycles. The average molecular weight is 293 g/mol. The first kappa shape index (κ1) is 14.3. The normalized spacial score (nSPS) is 11.9. The van der Waals surface area contributed by atoms with E-state index in [1.807, 2.05) is 25.1 Å². The summed E-state index contributed by atoms with van der Waals surface area (Å²) >= 11 is 6.07. The molecule has 0 aliphatic heterocycles. The second-order valence-electron chi connectivity index (χ2n) is 4.45. The maximum Gasteiger partial charge on any atom is 0.251 e. The Labute approximate surface area is 121 Å². The van der Waals surface area contributed by atoms with Crippen molar-refractivity contribution < 1.29 is 9.18 Å². The largest absolute Gasteiger partial charge is 0.396 e. The molecule has 1 atom stereocenters. The number of nitrogens with one attached hydrogen (secondary N) is 1. The van der Waals surface area contributed by atoms with E-state index in [9.17, 15) is 9.18 Å². The molecule has 1 amide bonds. The Morgan fingerprint density at radius 2 is 2.00 bits per heavy atom. The summed E-state index contributed by atoms with van der Waals surface area (Å²) in [5.41, 5.74) is 6.52. The zero-order chi connectivity index (χ0) is 14.7. The van der Waals surface area contributed by atoms with Gasteiger partial charge in [0.25, 0.3) is 5.91 Å². The van der Waals surface area contributed by atoms with Crippen molar-refractivity contribution in [1.29, 1.82) is 0 Å². The van der Waals surface area contributed by atoms with Crippen LogP contribution in [0.25, 0.3) is 0 Å². The van der Waals surface area contributed by atoms with Gasteiger partial charge in [-0.05, 0) is 36.8 Å². The topological polar surface area (TPSA) is 55.1 Å². The number of halogens is 2. The number of carbonyl (C=O) groups is 1. The predicted octanol–water partition coefficient (Wildman–Crippen LogP) is 3.55. The highest BCUT2D eigenvalue weighted by atomic mass is 35.5. The molecule has 3 nitrogen and oxygen atoms in total. The van der Waals surface area contributed by atoms with E-state index in [1.54, 1.807) is 6.07 Å². The van der Waals surface area contributed by atoms with E-state index >= 15 is 0 Å². The van der Waals surface area contributed by atoms with Crippen LogP contribution in [0.5, 0.6) is 0 Å². The Kier molecular flexibility index (Phi) is 4.25. The molecule has 3 N–H and O–H groups in total. The minimum absolute atomic E-state index is 0.0527. The van der Waals surface area contributed by atoms with Gasteiger partial charge in [0.05, 0.1) is 11.7 Å². The number of anilines is 1. The number of hydrogen-bond acceptors (Lipinski definition) is 2. The summed E-state index contributed by atoms with van der Waals surface area (Å²) in [7, 11) is 0. The third-order valence-corrected chi connectivity index (χ3v) is 3.32. The number of rotatable bonds is 3. The monoisotopic (exact) mass is 292 g/mol. The fraction of sp³-hybridized carbons (Fsp3) is 0.133. The zero-order valence-corrected chi connectivity index (χ0v) is 11.6. The minimum Gasteiger partial charge on any atom is -0.396 e. The predicted molar refractivity (Wildman–Crippen MR) is 78.1 cm³/mol. The van der Waals surface area contributed by atoms with Crippen LogP contribution in [0.1, 0.15) is 28.9 Å². The van der Waals surface area contributed by atoms with Crippen LogP contribution >= 0.6 is 11.6 Å². The molecule has 5 heteroatoms. The molecule has 2 rings (SSSR count). The van der Waals surface area contributed by atoms with E-state index in [2.05, 4.69) is 5.32 Å². The first-order valence-electron chi connectivity index (χ1n) is 6.09. The van der Waals surface area contributed by atoms with E-state index in [-0.39, 0.29) is 17.6 Å². The molecule has 0 saturated carbocycles. The number of nitrogens with two attached hydrogens (primary N) is 1. The smallest absolute Gasteiger partial charge is 0.251 e. The molecular formula is C15H14ClFN2O. The SMILES string of the molecule is CC(NC(=O)c1ccc(F)c(N)c1)c1ccccc1Cl. The molecule has 0 aliphatic carbocycles. The standard InChI is InChI=1S/C15H14ClFN2O/c1-9(11-4-2-3-5-12(11)16)19-15(20)10-6-7-13(17)14(18)8-10/h2-9H,18H2,1H3,(H,19,20). The molecule has 0 aliphatic rings. The van der Waals surface area contributed by atoms with E-state index in [1.165, 1.54) is 18.2 Å². The van der Waals surface area contributed by atoms with Gasteiger partial charge in [0.15, 0.2) is 0 Å². The van der Waals surface area contributed by atoms with Crippen molar-refractivity contribution in [3.63, 3.8) is 0 Å². The zero-order valence-electron chi connectivity index (χ0n) is 10.9. The molecule has 0 fully saturated rings. The van der Waals surface area contributed by atoms with Gasteiger partial charge < -0.3 is 11.1 Å². The highest BCUT2D eigenvalue weighted by molar-refractivity contribution is 6.31. The molecule has 0 saturated heterocycles. The van der Waals surface area contributed by atoms with E-state index in [4.69, 9.17) is 17.3 Å². The van der Waals surface area contributed by atoms with Crippen LogP contribution in [-0.4, -0.2) is 5.91 Å². The molecule has 1 unspecified atom stereocenters. The first-order chi connectivity index (χ1) is 9.49. The van der Waals surface area contributed by atoms with Crippen molar-refractivity contribution in [2.24, 2.45) is 0 Å². The molecule has 0 radical (unpaired) electrons. The molecule has 0 heterocycles. The summed E-state index contributed by atoms with van der Waals surface area (Å²) < 4.78 is 13.1. The lowest BCUT2D eigenvalue weighted by Crippen LogP contribution is -2.26. The van der Waals surface area contributed by atoms with Crippen LogP contribution in [0.3, 0.4) is 0 Å². The van der Waals surface area contributed by atoms with Gasteiger partial charge in [-0.3, -0.25) is 4.79 Å². The lowest BCUT2D eigenvalue weighted by molar-refractivity contribution is 0.0940. The van der Waals surface area contributed by atoms with Crippen molar-refractivity contribution in [1.82, 2.24) is 5.32 Å². The second kappa shape index (κ2) is 5.92. The van der Waals surface area contributed by atoms with E-state index in [0.717, 1.165) is 5.56 Å². The molecular weight excluding hydrogens is 279 g/mol. The highest BCUT2D eigenvalue weighted by Gasteiger charge is 2.14. The van der Waals surface area contributed by atoms with Crippen LogP contribution in [0, 0.1) is 5.82 Å². The average Bonchev–Trinajstić information content (AvgIpc) is 2.42. The number of benzene rings is 2. The summed E-state index contributed by atoms with van der Waals surface area (Å²) in [6.07, 6.45) is 0. The van der Waals surface area contributed by atoms with Gasteiger partial charge in [0, 0.05) is 10.6 Å². The maximum atomic E-state index is 13.1. The van der Waals surface area contributed by atoms with Gasteiger partial charge in [0.1, 0.15) is 5.82 Å². The molecule has 2 aromatic rings. The Balaban J connectivity index is 2.15. The molecule has 104 valence electrons. The van der Waals surface area contributed by atoms with Gasteiger partial charge in [-0.15, -0.1) is 0 Å². The van der Waals surface area contributed by atoms with Crippen molar-refractivity contribution in [3.8, 4) is 0 Å². The minimum atomic E-state index is -0.541. The number of nitrogen functional groups attached to an aromatic ring is 1. The van der Waals surface area contributed by atoms with Crippen molar-refractivity contribution in [2.45, 2.75) is 13.0 Å². The van der Waals surface area contributed by atoms with Crippen molar-refractivity contribution in [3.05, 3.63) is 64.4 Å². The Hall–Kier alpha value is -2.07. The third-order valence-electron chi connectivity index (χ3n) is 2.98. The highest BCUT2D eigenvalue weighted by Crippen LogP contribution is 2.22.